The molecule has 0 spiro atoms. The van der Waals surface area contributed by atoms with Crippen LogP contribution in [0.3, 0.4) is 0 Å². The molecule has 4 nitrogen and oxygen atoms in total. The van der Waals surface area contributed by atoms with Gasteiger partial charge in [-0.25, -0.2) is 0 Å². The number of carbonyl (C=O) groups is 1. The van der Waals surface area contributed by atoms with Crippen molar-refractivity contribution < 1.29 is 14.6 Å². The number of aryl methyl sites for hydroxylation is 2. The number of ether oxygens (including phenoxy) is 1. The van der Waals surface area contributed by atoms with Gasteiger partial charge < -0.3 is 15.2 Å². The molecule has 0 bridgehead atoms. The minimum atomic E-state index is -0.0420. The van der Waals surface area contributed by atoms with Crippen LogP contribution < -0.4 is 10.1 Å². The number of hydrogen-bond donors (Lipinski definition) is 2. The lowest BCUT2D eigenvalue weighted by Gasteiger charge is -2.09. The molecular weight excluding hydrogens is 266 g/mol. The zero-order valence-corrected chi connectivity index (χ0v) is 12.2. The van der Waals surface area contributed by atoms with Crippen molar-refractivity contribution in [3.05, 3.63) is 53.6 Å². The summed E-state index contributed by atoms with van der Waals surface area (Å²) in [6.45, 7) is 1.85. The highest BCUT2D eigenvalue weighted by atomic mass is 16.5. The van der Waals surface area contributed by atoms with E-state index in [4.69, 9.17) is 4.74 Å². The van der Waals surface area contributed by atoms with E-state index in [1.165, 1.54) is 0 Å². The maximum absolute atomic E-state index is 11.9. The number of carbonyl (C=O) groups excluding carboxylic acids is 1. The van der Waals surface area contributed by atoms with Gasteiger partial charge in [-0.15, -0.1) is 0 Å². The van der Waals surface area contributed by atoms with Crippen LogP contribution in [0, 0.1) is 6.92 Å². The Hall–Kier alpha value is -2.49. The van der Waals surface area contributed by atoms with Crippen molar-refractivity contribution in [1.82, 2.24) is 0 Å². The van der Waals surface area contributed by atoms with E-state index in [0.29, 0.717) is 12.8 Å². The fourth-order valence-corrected chi connectivity index (χ4v) is 2.05. The fraction of sp³-hybridized carbons (Fsp3) is 0.235. The molecule has 0 aromatic heterocycles. The summed E-state index contributed by atoms with van der Waals surface area (Å²) in [6, 6.07) is 12.6. The first kappa shape index (κ1) is 14.9. The van der Waals surface area contributed by atoms with Gasteiger partial charge in [0.25, 0.3) is 0 Å². The minimum Gasteiger partial charge on any atom is -0.508 e. The first-order valence-electron chi connectivity index (χ1n) is 6.81. The molecule has 2 aromatic carbocycles. The topological polar surface area (TPSA) is 58.6 Å². The average Bonchev–Trinajstić information content (AvgIpc) is 2.48. The summed E-state index contributed by atoms with van der Waals surface area (Å²) >= 11 is 0. The summed E-state index contributed by atoms with van der Waals surface area (Å²) in [4.78, 5) is 11.9. The molecule has 0 radical (unpaired) electrons. The summed E-state index contributed by atoms with van der Waals surface area (Å²) in [5, 5.41) is 12.2. The third kappa shape index (κ3) is 4.24. The van der Waals surface area contributed by atoms with E-state index >= 15 is 0 Å². The van der Waals surface area contributed by atoms with Crippen LogP contribution in [-0.4, -0.2) is 18.1 Å². The Balaban J connectivity index is 1.89. The highest BCUT2D eigenvalue weighted by Gasteiger charge is 2.06. The molecule has 1 amide bonds. The molecule has 2 N–H and O–H groups in total. The van der Waals surface area contributed by atoms with Crippen molar-refractivity contribution in [3.8, 4) is 11.5 Å². The lowest BCUT2D eigenvalue weighted by molar-refractivity contribution is -0.116. The molecule has 0 aliphatic heterocycles. The van der Waals surface area contributed by atoms with Crippen LogP contribution in [-0.2, 0) is 11.2 Å². The number of phenols is 1. The van der Waals surface area contributed by atoms with E-state index in [0.717, 1.165) is 22.6 Å². The smallest absolute Gasteiger partial charge is 0.224 e. The molecule has 0 saturated carbocycles. The quantitative estimate of drug-likeness (QED) is 0.829. The number of nitrogens with one attached hydrogen (secondary N) is 1. The first-order valence-corrected chi connectivity index (χ1v) is 6.81. The van der Waals surface area contributed by atoms with Crippen LogP contribution in [0.1, 0.15) is 17.5 Å². The Bertz CT molecular complexity index is 620. The summed E-state index contributed by atoms with van der Waals surface area (Å²) in [6.07, 6.45) is 1.08. The molecule has 0 atom stereocenters. The molecule has 110 valence electrons. The highest BCUT2D eigenvalue weighted by molar-refractivity contribution is 5.91. The van der Waals surface area contributed by atoms with E-state index in [9.17, 15) is 9.90 Å². The summed E-state index contributed by atoms with van der Waals surface area (Å²) in [7, 11) is 1.63. The predicted octanol–water partition coefficient (Wildman–Crippen LogP) is 3.28. The molecule has 0 heterocycles. The van der Waals surface area contributed by atoms with Gasteiger partial charge in [-0.2, -0.15) is 0 Å². The molecule has 2 aromatic rings. The molecule has 4 heteroatoms. The van der Waals surface area contributed by atoms with Gasteiger partial charge in [0.15, 0.2) is 0 Å². The minimum absolute atomic E-state index is 0.0420. The lowest BCUT2D eigenvalue weighted by atomic mass is 10.1. The summed E-state index contributed by atoms with van der Waals surface area (Å²) < 4.78 is 5.10. The second kappa shape index (κ2) is 6.79. The zero-order valence-electron chi connectivity index (χ0n) is 12.2. The second-order valence-corrected chi connectivity index (χ2v) is 4.90. The third-order valence-corrected chi connectivity index (χ3v) is 3.28. The molecular formula is C17H19NO3. The number of anilines is 1. The Labute approximate surface area is 124 Å². The van der Waals surface area contributed by atoms with Crippen LogP contribution in [0.15, 0.2) is 42.5 Å². The monoisotopic (exact) mass is 285 g/mol. The summed E-state index contributed by atoms with van der Waals surface area (Å²) in [5.74, 6) is 0.964. The Morgan fingerprint density at radius 3 is 2.52 bits per heavy atom. The van der Waals surface area contributed by atoms with Gasteiger partial charge >= 0.3 is 0 Å². The molecule has 2 rings (SSSR count). The molecule has 0 aliphatic carbocycles. The van der Waals surface area contributed by atoms with E-state index in [-0.39, 0.29) is 11.7 Å². The average molecular weight is 285 g/mol. The van der Waals surface area contributed by atoms with E-state index in [1.54, 1.807) is 25.3 Å². The number of rotatable bonds is 5. The fourth-order valence-electron chi connectivity index (χ4n) is 2.05. The molecule has 0 unspecified atom stereocenters. The molecule has 0 saturated heterocycles. The molecule has 0 fully saturated rings. The van der Waals surface area contributed by atoms with Crippen molar-refractivity contribution in [2.45, 2.75) is 19.8 Å². The Kier molecular flexibility index (Phi) is 4.82. The van der Waals surface area contributed by atoms with Gasteiger partial charge in [0, 0.05) is 12.1 Å². The number of hydrogen-bond acceptors (Lipinski definition) is 3. The predicted molar refractivity (Wildman–Crippen MR) is 82.8 cm³/mol. The molecule has 21 heavy (non-hydrogen) atoms. The summed E-state index contributed by atoms with van der Waals surface area (Å²) in [5.41, 5.74) is 2.66. The maximum Gasteiger partial charge on any atom is 0.224 e. The van der Waals surface area contributed by atoms with Gasteiger partial charge in [0.2, 0.25) is 5.91 Å². The van der Waals surface area contributed by atoms with Crippen LogP contribution >= 0.6 is 0 Å². The number of amides is 1. The van der Waals surface area contributed by atoms with E-state index < -0.39 is 0 Å². The standard InChI is InChI=1S/C17H19NO3/c1-12-11-14(19)6-9-16(12)18-17(20)10-5-13-3-7-15(21-2)8-4-13/h3-4,6-9,11,19H,5,10H2,1-2H3,(H,18,20). The number of aromatic hydroxyl groups is 1. The van der Waals surface area contributed by atoms with Crippen LogP contribution in [0.2, 0.25) is 0 Å². The van der Waals surface area contributed by atoms with Gasteiger partial charge in [-0.05, 0) is 54.8 Å². The van der Waals surface area contributed by atoms with Crippen molar-refractivity contribution in [1.29, 1.82) is 0 Å². The van der Waals surface area contributed by atoms with Crippen molar-refractivity contribution in [3.63, 3.8) is 0 Å². The van der Waals surface area contributed by atoms with Crippen molar-refractivity contribution >= 4 is 11.6 Å². The maximum atomic E-state index is 11.9. The SMILES string of the molecule is COc1ccc(CCC(=O)Nc2ccc(O)cc2C)cc1. The van der Waals surface area contributed by atoms with Gasteiger partial charge in [0.1, 0.15) is 11.5 Å². The zero-order chi connectivity index (χ0) is 15.2. The number of methoxy groups -OCH3 is 1. The van der Waals surface area contributed by atoms with Crippen molar-refractivity contribution in [2.75, 3.05) is 12.4 Å². The first-order chi connectivity index (χ1) is 10.1. The molecule has 0 aliphatic rings. The third-order valence-electron chi connectivity index (χ3n) is 3.28. The van der Waals surface area contributed by atoms with Gasteiger partial charge in [-0.1, -0.05) is 12.1 Å². The largest absolute Gasteiger partial charge is 0.508 e. The lowest BCUT2D eigenvalue weighted by Crippen LogP contribution is -2.13. The van der Waals surface area contributed by atoms with Crippen LogP contribution in [0.4, 0.5) is 5.69 Å². The second-order valence-electron chi connectivity index (χ2n) is 4.90. The van der Waals surface area contributed by atoms with Crippen LogP contribution in [0.5, 0.6) is 11.5 Å². The van der Waals surface area contributed by atoms with Gasteiger partial charge in [-0.3, -0.25) is 4.79 Å². The van der Waals surface area contributed by atoms with E-state index in [1.807, 2.05) is 31.2 Å². The normalized spacial score (nSPS) is 10.2. The van der Waals surface area contributed by atoms with Gasteiger partial charge in [0.05, 0.1) is 7.11 Å². The number of phenolic OH excluding ortho intramolecular Hbond substituents is 1. The van der Waals surface area contributed by atoms with E-state index in [2.05, 4.69) is 5.32 Å². The Morgan fingerprint density at radius 1 is 1.19 bits per heavy atom. The number of benzene rings is 2. The highest BCUT2D eigenvalue weighted by Crippen LogP contribution is 2.20. The van der Waals surface area contributed by atoms with Crippen molar-refractivity contribution in [2.24, 2.45) is 0 Å². The van der Waals surface area contributed by atoms with Crippen LogP contribution in [0.25, 0.3) is 0 Å². The Morgan fingerprint density at radius 2 is 1.90 bits per heavy atom.